The Morgan fingerprint density at radius 3 is 1.43 bits per heavy atom. The maximum absolute atomic E-state index is 15.0. The van der Waals surface area contributed by atoms with E-state index in [1.807, 2.05) is 60.9 Å². The zero-order valence-corrected chi connectivity index (χ0v) is 34.5. The third kappa shape index (κ3) is 6.16. The van der Waals surface area contributed by atoms with E-state index in [2.05, 4.69) is 60.0 Å². The second kappa shape index (κ2) is 15.2. The highest BCUT2D eigenvalue weighted by molar-refractivity contribution is 6.30. The fraction of sp³-hybridized carbons (Fsp3) is 0.385. The number of carbonyl (C=O) groups is 2. The number of para-hydroxylation sites is 2. The summed E-state index contributed by atoms with van der Waals surface area (Å²) in [5, 5.41) is 2.08. The normalized spacial score (nSPS) is 27.7. The summed E-state index contributed by atoms with van der Waals surface area (Å²) in [6.45, 7) is 8.73. The van der Waals surface area contributed by atoms with E-state index in [0.29, 0.717) is 46.3 Å². The third-order valence-electron chi connectivity index (χ3n) is 15.1. The topological polar surface area (TPSA) is 84.9 Å². The van der Waals surface area contributed by atoms with Gasteiger partial charge in [-0.3, -0.25) is 29.4 Å². The van der Waals surface area contributed by atoms with E-state index >= 15 is 9.59 Å². The fourth-order valence-corrected chi connectivity index (χ4v) is 12.0. The van der Waals surface area contributed by atoms with Gasteiger partial charge in [0.1, 0.15) is 23.7 Å². The van der Waals surface area contributed by atoms with Gasteiger partial charge in [-0.2, -0.15) is 0 Å². The number of benzene rings is 4. The van der Waals surface area contributed by atoms with Crippen LogP contribution in [0.25, 0.3) is 21.8 Å². The van der Waals surface area contributed by atoms with Crippen molar-refractivity contribution in [2.45, 2.75) is 76.7 Å². The molecule has 8 heteroatoms. The van der Waals surface area contributed by atoms with Crippen molar-refractivity contribution in [2.24, 2.45) is 23.7 Å². The molecule has 8 heterocycles. The molecule has 6 saturated heterocycles. The lowest BCUT2D eigenvalue weighted by Crippen LogP contribution is -2.56. The van der Waals surface area contributed by atoms with Gasteiger partial charge in [-0.15, -0.1) is 0 Å². The molecule has 8 nitrogen and oxygen atoms in total. The summed E-state index contributed by atoms with van der Waals surface area (Å²) < 4.78 is 14.7. The summed E-state index contributed by atoms with van der Waals surface area (Å²) >= 11 is 0. The summed E-state index contributed by atoms with van der Waals surface area (Å²) in [4.78, 5) is 44.7. The van der Waals surface area contributed by atoms with E-state index in [9.17, 15) is 0 Å². The van der Waals surface area contributed by atoms with Crippen LogP contribution in [0.3, 0.4) is 0 Å². The van der Waals surface area contributed by atoms with Crippen LogP contribution in [0.5, 0.6) is 11.5 Å². The van der Waals surface area contributed by atoms with Crippen LogP contribution in [0.15, 0.2) is 109 Å². The highest BCUT2D eigenvalue weighted by Gasteiger charge is 2.47. The zero-order valence-electron chi connectivity index (χ0n) is 34.5. The molecule has 0 N–H and O–H groups in total. The Kier molecular flexibility index (Phi) is 9.53. The molecule has 0 radical (unpaired) electrons. The number of ether oxygens (including phenoxy) is 2. The summed E-state index contributed by atoms with van der Waals surface area (Å²) in [7, 11) is 0. The van der Waals surface area contributed by atoms with Crippen molar-refractivity contribution in [3.63, 3.8) is 0 Å². The number of fused-ring (bicyclic) bond motifs is 10. The molecule has 2 aromatic heterocycles. The lowest BCUT2D eigenvalue weighted by molar-refractivity contribution is -0.0493. The van der Waals surface area contributed by atoms with Crippen LogP contribution in [-0.4, -0.2) is 69.6 Å². The van der Waals surface area contributed by atoms with Crippen LogP contribution in [-0.2, 0) is 0 Å². The van der Waals surface area contributed by atoms with Crippen molar-refractivity contribution in [1.29, 1.82) is 0 Å². The van der Waals surface area contributed by atoms with E-state index in [-0.39, 0.29) is 34.8 Å². The standard InChI is InChI=1S/C52H52N4O4/c1-3-31-29-55-25-21-33(31)27-43(55)51(39-19-23-53-41-15-9-7-11-35(39)41)59-45-17-18-46(48-47(45)49(57)37-13-5-6-14-38(37)50(48)58)60-52(40-20-24-54-42-16-10-8-12-36(40)42)44-28-34-22-26-56(44)30-32(34)4-2/h5-20,23-24,31-34,43-44,51-52H,3-4,21-22,25-30H2,1-2H3/t31-,32-,33-,34-,43-,44-,51+,52+/m0/s1. The van der Waals surface area contributed by atoms with Crippen molar-refractivity contribution in [3.05, 3.63) is 143 Å². The summed E-state index contributed by atoms with van der Waals surface area (Å²) in [6, 6.07) is 31.8. The number of rotatable bonds is 10. The molecule has 2 unspecified atom stereocenters. The first-order chi connectivity index (χ1) is 29.5. The van der Waals surface area contributed by atoms with Gasteiger partial charge in [0.25, 0.3) is 0 Å². The lowest BCUT2D eigenvalue weighted by Gasteiger charge is -2.52. The minimum Gasteiger partial charge on any atom is -0.483 e. The molecule has 4 aromatic carbocycles. The minimum absolute atomic E-state index is 0.0951. The van der Waals surface area contributed by atoms with E-state index in [4.69, 9.17) is 19.4 Å². The average molecular weight is 797 g/mol. The zero-order chi connectivity index (χ0) is 40.5. The molecular formula is C52H52N4O4. The smallest absolute Gasteiger partial charge is 0.198 e. The number of carbonyl (C=O) groups excluding carboxylic acids is 2. The quantitative estimate of drug-likeness (QED) is 0.135. The Bertz CT molecular complexity index is 2450. The molecule has 0 amide bonds. The summed E-state index contributed by atoms with van der Waals surface area (Å²) in [5.41, 5.74) is 5.28. The van der Waals surface area contributed by atoms with Crippen LogP contribution in [0.1, 0.15) is 108 Å². The SMILES string of the molecule is CC[C@H]1CN2CC[C@H]1C[C@H]2[C@H](Oc1ccc(O[C@H](c2ccnc3ccccc23)[C@@H]2C[C@@H]3CCN2C[C@@H]3CC)c2c1C(=O)c1ccccc1C2=O)c1ccnc2ccccc12. The van der Waals surface area contributed by atoms with Gasteiger partial charge in [0.05, 0.1) is 34.2 Å². The number of hydrogen-bond donors (Lipinski definition) is 0. The van der Waals surface area contributed by atoms with Crippen LogP contribution in [0.4, 0.5) is 0 Å². The molecule has 7 aliphatic rings. The number of aromatic nitrogens is 2. The molecule has 6 aromatic rings. The third-order valence-corrected chi connectivity index (χ3v) is 15.1. The van der Waals surface area contributed by atoms with Crippen LogP contribution < -0.4 is 9.47 Å². The summed E-state index contributed by atoms with van der Waals surface area (Å²) in [5.74, 6) is 2.97. The van der Waals surface area contributed by atoms with Crippen molar-refractivity contribution in [3.8, 4) is 11.5 Å². The van der Waals surface area contributed by atoms with Gasteiger partial charge >= 0.3 is 0 Å². The van der Waals surface area contributed by atoms with Gasteiger partial charge in [-0.1, -0.05) is 87.4 Å². The molecule has 0 spiro atoms. The second-order valence-electron chi connectivity index (χ2n) is 18.0. The number of piperidine rings is 6. The highest BCUT2D eigenvalue weighted by atomic mass is 16.5. The van der Waals surface area contributed by atoms with Gasteiger partial charge in [0.15, 0.2) is 11.6 Å². The molecular weight excluding hydrogens is 745 g/mol. The predicted molar refractivity (Wildman–Crippen MR) is 234 cm³/mol. The molecule has 304 valence electrons. The van der Waals surface area contributed by atoms with Crippen molar-refractivity contribution < 1.29 is 19.1 Å². The van der Waals surface area contributed by atoms with Gasteiger partial charge in [-0.25, -0.2) is 0 Å². The molecule has 60 heavy (non-hydrogen) atoms. The first-order valence-electron chi connectivity index (χ1n) is 22.3. The maximum Gasteiger partial charge on any atom is 0.198 e. The van der Waals surface area contributed by atoms with E-state index in [1.54, 1.807) is 12.1 Å². The lowest BCUT2D eigenvalue weighted by atomic mass is 9.72. The van der Waals surface area contributed by atoms with Crippen LogP contribution in [0.2, 0.25) is 0 Å². The molecule has 6 fully saturated rings. The molecule has 10 atom stereocenters. The van der Waals surface area contributed by atoms with Crippen LogP contribution >= 0.6 is 0 Å². The summed E-state index contributed by atoms with van der Waals surface area (Å²) in [6.07, 6.45) is 9.68. The molecule has 4 bridgehead atoms. The largest absolute Gasteiger partial charge is 0.483 e. The van der Waals surface area contributed by atoms with E-state index < -0.39 is 12.2 Å². The number of nitrogens with zero attached hydrogens (tertiary/aromatic N) is 4. The average Bonchev–Trinajstić information content (AvgIpc) is 3.31. The number of hydrogen-bond acceptors (Lipinski definition) is 8. The molecule has 1 aliphatic carbocycles. The van der Waals surface area contributed by atoms with Crippen molar-refractivity contribution in [2.75, 3.05) is 26.2 Å². The Morgan fingerprint density at radius 2 is 1.02 bits per heavy atom. The predicted octanol–water partition coefficient (Wildman–Crippen LogP) is 10.0. The first-order valence-corrected chi connectivity index (χ1v) is 22.3. The maximum atomic E-state index is 15.0. The highest BCUT2D eigenvalue weighted by Crippen LogP contribution is 2.49. The Labute approximate surface area is 351 Å². The van der Waals surface area contributed by atoms with Crippen molar-refractivity contribution in [1.82, 2.24) is 19.8 Å². The Morgan fingerprint density at radius 1 is 0.583 bits per heavy atom. The van der Waals surface area contributed by atoms with Crippen molar-refractivity contribution >= 4 is 33.4 Å². The van der Waals surface area contributed by atoms with Gasteiger partial charge < -0.3 is 9.47 Å². The second-order valence-corrected chi connectivity index (χ2v) is 18.0. The van der Waals surface area contributed by atoms with Gasteiger partial charge in [0, 0.05) is 58.5 Å². The van der Waals surface area contributed by atoms with Crippen LogP contribution in [0, 0.1) is 23.7 Å². The van der Waals surface area contributed by atoms with Gasteiger partial charge in [-0.05, 0) is 98.8 Å². The van der Waals surface area contributed by atoms with Gasteiger partial charge in [0.2, 0.25) is 0 Å². The molecule has 0 saturated carbocycles. The molecule has 6 aliphatic heterocycles. The number of ketones is 2. The first kappa shape index (κ1) is 37.6. The molecule has 13 rings (SSSR count). The van der Waals surface area contributed by atoms with E-state index in [1.165, 1.54) is 12.8 Å². The fourth-order valence-electron chi connectivity index (χ4n) is 12.0. The minimum atomic E-state index is -0.400. The Hall–Kier alpha value is -5.44. The Balaban J connectivity index is 1.06. The number of pyridine rings is 2. The van der Waals surface area contributed by atoms with E-state index in [0.717, 1.165) is 84.8 Å². The monoisotopic (exact) mass is 796 g/mol.